The van der Waals surface area contributed by atoms with Gasteiger partial charge in [-0.25, -0.2) is 4.79 Å². The molecule has 0 atom stereocenters. The number of sulfonamides is 1. The van der Waals surface area contributed by atoms with Gasteiger partial charge < -0.3 is 4.74 Å². The van der Waals surface area contributed by atoms with Gasteiger partial charge in [-0.2, -0.15) is 13.5 Å². The predicted molar refractivity (Wildman–Crippen MR) is 79.0 cm³/mol. The Kier molecular flexibility index (Phi) is 4.33. The van der Waals surface area contributed by atoms with Crippen molar-refractivity contribution in [3.05, 3.63) is 28.8 Å². The number of thiophene rings is 1. The zero-order valence-electron chi connectivity index (χ0n) is 11.8. The molecule has 0 bridgehead atoms. The molecule has 2 heterocycles. The quantitative estimate of drug-likeness (QED) is 0.844. The number of nitrogens with one attached hydrogen (secondary N) is 1. The average molecular weight is 329 g/mol. The summed E-state index contributed by atoms with van der Waals surface area (Å²) in [5.41, 5.74) is 0.213. The van der Waals surface area contributed by atoms with E-state index in [0.717, 1.165) is 4.88 Å². The van der Waals surface area contributed by atoms with Gasteiger partial charge in [-0.1, -0.05) is 0 Å². The lowest BCUT2D eigenvalue weighted by Crippen LogP contribution is -2.17. The highest BCUT2D eigenvalue weighted by atomic mass is 32.2. The van der Waals surface area contributed by atoms with E-state index in [1.807, 2.05) is 0 Å². The molecule has 0 fully saturated rings. The van der Waals surface area contributed by atoms with Crippen LogP contribution in [0.25, 0.3) is 0 Å². The molecule has 2 rings (SSSR count). The first-order valence-corrected chi connectivity index (χ1v) is 8.43. The van der Waals surface area contributed by atoms with Crippen LogP contribution in [-0.2, 0) is 21.8 Å². The Labute approximate surface area is 126 Å². The number of aryl methyl sites for hydroxylation is 2. The Balaban J connectivity index is 2.36. The molecule has 9 heteroatoms. The molecule has 0 spiro atoms. The zero-order valence-corrected chi connectivity index (χ0v) is 13.4. The van der Waals surface area contributed by atoms with Crippen molar-refractivity contribution in [2.45, 2.75) is 18.9 Å². The van der Waals surface area contributed by atoms with Crippen LogP contribution in [0.15, 0.2) is 23.4 Å². The minimum Gasteiger partial charge on any atom is -0.462 e. The molecule has 0 aromatic carbocycles. The topological polar surface area (TPSA) is 90.3 Å². The minimum absolute atomic E-state index is 0.0170. The summed E-state index contributed by atoms with van der Waals surface area (Å²) in [6.07, 6.45) is 1.39. The summed E-state index contributed by atoms with van der Waals surface area (Å²) in [4.78, 5) is 12.7. The van der Waals surface area contributed by atoms with Crippen molar-refractivity contribution in [2.24, 2.45) is 7.05 Å². The molecule has 0 saturated carbocycles. The molecule has 0 saturated heterocycles. The van der Waals surface area contributed by atoms with Crippen molar-refractivity contribution in [3.8, 4) is 0 Å². The fourth-order valence-electron chi connectivity index (χ4n) is 1.75. The van der Waals surface area contributed by atoms with E-state index in [4.69, 9.17) is 4.74 Å². The number of ether oxygens (including phenoxy) is 1. The van der Waals surface area contributed by atoms with Crippen LogP contribution in [0.3, 0.4) is 0 Å². The monoisotopic (exact) mass is 329 g/mol. The molecule has 2 aromatic rings. The first kappa shape index (κ1) is 15.5. The average Bonchev–Trinajstić information content (AvgIpc) is 2.96. The van der Waals surface area contributed by atoms with Gasteiger partial charge in [-0.15, -0.1) is 11.3 Å². The summed E-state index contributed by atoms with van der Waals surface area (Å²) in [5.74, 6) is -0.551. The van der Waals surface area contributed by atoms with Crippen molar-refractivity contribution in [1.82, 2.24) is 9.78 Å². The largest absolute Gasteiger partial charge is 0.462 e. The van der Waals surface area contributed by atoms with Gasteiger partial charge in [0.25, 0.3) is 10.0 Å². The number of hydrogen-bond acceptors (Lipinski definition) is 6. The van der Waals surface area contributed by atoms with Crippen LogP contribution < -0.4 is 4.72 Å². The summed E-state index contributed by atoms with van der Waals surface area (Å²) in [5, 5.41) is 4.09. The van der Waals surface area contributed by atoms with Crippen LogP contribution in [0.2, 0.25) is 0 Å². The molecule has 7 nitrogen and oxygen atoms in total. The van der Waals surface area contributed by atoms with E-state index < -0.39 is 16.0 Å². The second-order valence-electron chi connectivity index (χ2n) is 4.22. The van der Waals surface area contributed by atoms with Gasteiger partial charge in [0, 0.05) is 11.9 Å². The predicted octanol–water partition coefficient (Wildman–Crippen LogP) is 1.77. The molecule has 0 aliphatic rings. The zero-order chi connectivity index (χ0) is 15.6. The second-order valence-corrected chi connectivity index (χ2v) is 7.10. The normalized spacial score (nSPS) is 11.4. The highest BCUT2D eigenvalue weighted by Crippen LogP contribution is 2.30. The van der Waals surface area contributed by atoms with Crippen molar-refractivity contribution in [1.29, 1.82) is 0 Å². The highest BCUT2D eigenvalue weighted by Gasteiger charge is 2.23. The summed E-state index contributed by atoms with van der Waals surface area (Å²) >= 11 is 1.18. The van der Waals surface area contributed by atoms with Crippen LogP contribution in [0.5, 0.6) is 0 Å². The third kappa shape index (κ3) is 3.24. The number of carbonyl (C=O) groups is 1. The van der Waals surface area contributed by atoms with Crippen molar-refractivity contribution < 1.29 is 17.9 Å². The highest BCUT2D eigenvalue weighted by molar-refractivity contribution is 7.92. The Morgan fingerprint density at radius 2 is 2.24 bits per heavy atom. The van der Waals surface area contributed by atoms with E-state index in [9.17, 15) is 13.2 Å². The molecule has 0 amide bonds. The van der Waals surface area contributed by atoms with Crippen LogP contribution in [0.1, 0.15) is 22.2 Å². The maximum absolute atomic E-state index is 12.3. The fourth-order valence-corrected chi connectivity index (χ4v) is 4.09. The summed E-state index contributed by atoms with van der Waals surface area (Å²) in [7, 11) is -2.28. The number of hydrogen-bond donors (Lipinski definition) is 1. The molecule has 114 valence electrons. The first-order valence-electron chi connectivity index (χ1n) is 6.13. The van der Waals surface area contributed by atoms with Gasteiger partial charge >= 0.3 is 5.97 Å². The minimum atomic E-state index is -3.81. The van der Waals surface area contributed by atoms with Crippen molar-refractivity contribution >= 4 is 32.3 Å². The number of carbonyl (C=O) groups excluding carboxylic acids is 1. The van der Waals surface area contributed by atoms with E-state index in [-0.39, 0.29) is 22.2 Å². The molecule has 2 aromatic heterocycles. The molecule has 21 heavy (non-hydrogen) atoms. The van der Waals surface area contributed by atoms with E-state index in [2.05, 4.69) is 9.82 Å². The van der Waals surface area contributed by atoms with Gasteiger partial charge in [0.2, 0.25) is 0 Å². The van der Waals surface area contributed by atoms with Gasteiger partial charge in [0.15, 0.2) is 5.03 Å². The molecular formula is C12H15N3O4S2. The molecule has 0 radical (unpaired) electrons. The van der Waals surface area contributed by atoms with Gasteiger partial charge in [-0.3, -0.25) is 9.40 Å². The Morgan fingerprint density at radius 1 is 1.52 bits per heavy atom. The lowest BCUT2D eigenvalue weighted by molar-refractivity contribution is 0.0528. The lowest BCUT2D eigenvalue weighted by atomic mass is 10.3. The SMILES string of the molecule is CCOC(=O)c1cc(C)sc1NS(=O)(=O)c1ccnn1C. The maximum Gasteiger partial charge on any atom is 0.341 e. The number of rotatable bonds is 5. The standard InChI is InChI=1S/C12H15N3O4S2/c1-4-19-12(16)9-7-8(2)20-11(9)14-21(17,18)10-5-6-13-15(10)3/h5-7,14H,4H2,1-3H3. The summed E-state index contributed by atoms with van der Waals surface area (Å²) in [6, 6.07) is 2.98. The van der Waals surface area contributed by atoms with Crippen LogP contribution >= 0.6 is 11.3 Å². The lowest BCUT2D eigenvalue weighted by Gasteiger charge is -2.08. The van der Waals surface area contributed by atoms with Gasteiger partial charge in [0.1, 0.15) is 5.00 Å². The van der Waals surface area contributed by atoms with Crippen LogP contribution in [0.4, 0.5) is 5.00 Å². The third-order valence-electron chi connectivity index (χ3n) is 2.63. The molecule has 0 unspecified atom stereocenters. The number of nitrogens with zero attached hydrogens (tertiary/aromatic N) is 2. The summed E-state index contributed by atoms with van der Waals surface area (Å²) < 4.78 is 33.2. The third-order valence-corrected chi connectivity index (χ3v) is 5.15. The van der Waals surface area contributed by atoms with Crippen molar-refractivity contribution in [2.75, 3.05) is 11.3 Å². The Hall–Kier alpha value is -1.87. The maximum atomic E-state index is 12.3. The van der Waals surface area contributed by atoms with Crippen LogP contribution in [0, 0.1) is 6.92 Å². The van der Waals surface area contributed by atoms with Gasteiger partial charge in [-0.05, 0) is 26.0 Å². The number of aromatic nitrogens is 2. The number of esters is 1. The first-order chi connectivity index (χ1) is 9.85. The molecule has 0 aliphatic heterocycles. The molecule has 0 aliphatic carbocycles. The summed E-state index contributed by atoms with van der Waals surface area (Å²) in [6.45, 7) is 3.70. The van der Waals surface area contributed by atoms with Crippen LogP contribution in [-0.4, -0.2) is 30.8 Å². The van der Waals surface area contributed by atoms with E-state index >= 15 is 0 Å². The Bertz CT molecular complexity index is 761. The van der Waals surface area contributed by atoms with E-state index in [1.165, 1.54) is 35.3 Å². The molecule has 1 N–H and O–H groups in total. The Morgan fingerprint density at radius 3 is 2.81 bits per heavy atom. The van der Waals surface area contributed by atoms with Crippen molar-refractivity contribution in [3.63, 3.8) is 0 Å². The van der Waals surface area contributed by atoms with E-state index in [0.29, 0.717) is 0 Å². The smallest absolute Gasteiger partial charge is 0.341 e. The second kappa shape index (κ2) is 5.86. The van der Waals surface area contributed by atoms with Gasteiger partial charge in [0.05, 0.1) is 18.4 Å². The number of anilines is 1. The fraction of sp³-hybridized carbons (Fsp3) is 0.333. The molecular weight excluding hydrogens is 314 g/mol. The van der Waals surface area contributed by atoms with E-state index in [1.54, 1.807) is 19.9 Å².